The van der Waals surface area contributed by atoms with Crippen molar-refractivity contribution < 1.29 is 9.53 Å². The highest BCUT2D eigenvalue weighted by atomic mass is 32.1. The number of ether oxygens (including phenoxy) is 1. The molecule has 0 saturated heterocycles. The van der Waals surface area contributed by atoms with Crippen molar-refractivity contribution in [1.82, 2.24) is 15.0 Å². The molecule has 0 unspecified atom stereocenters. The second-order valence-electron chi connectivity index (χ2n) is 4.66. The molecule has 0 atom stereocenters. The monoisotopic (exact) mass is 314 g/mol. The first-order valence-electron chi connectivity index (χ1n) is 6.66. The summed E-state index contributed by atoms with van der Waals surface area (Å²) < 4.78 is 4.81. The van der Waals surface area contributed by atoms with Crippen molar-refractivity contribution in [2.75, 3.05) is 12.4 Å². The van der Waals surface area contributed by atoms with Crippen molar-refractivity contribution in [3.05, 3.63) is 46.9 Å². The number of esters is 1. The summed E-state index contributed by atoms with van der Waals surface area (Å²) in [4.78, 5) is 25.7. The summed E-state index contributed by atoms with van der Waals surface area (Å²) in [6, 6.07) is 3.87. The fourth-order valence-corrected chi connectivity index (χ4v) is 3.25. The predicted octanol–water partition coefficient (Wildman–Crippen LogP) is 2.79. The predicted molar refractivity (Wildman–Crippen MR) is 85.1 cm³/mol. The van der Waals surface area contributed by atoms with Gasteiger partial charge >= 0.3 is 5.97 Å². The van der Waals surface area contributed by atoms with E-state index in [1.807, 2.05) is 19.1 Å². The summed E-state index contributed by atoms with van der Waals surface area (Å²) in [5, 5.41) is 4.15. The minimum absolute atomic E-state index is 0.347. The number of methoxy groups -OCH3 is 1. The zero-order chi connectivity index (χ0) is 15.5. The van der Waals surface area contributed by atoms with Gasteiger partial charge in [-0.05, 0) is 30.2 Å². The minimum atomic E-state index is -0.347. The third-order valence-corrected chi connectivity index (χ3v) is 4.49. The molecule has 6 nitrogen and oxygen atoms in total. The number of carbonyl (C=O) groups excluding carboxylic acids is 1. The lowest BCUT2D eigenvalue weighted by Crippen LogP contribution is -2.03. The van der Waals surface area contributed by atoms with Crippen LogP contribution in [0.2, 0.25) is 0 Å². The molecule has 0 fully saturated rings. The molecule has 7 heteroatoms. The Morgan fingerprint density at radius 3 is 2.82 bits per heavy atom. The number of aromatic nitrogens is 3. The fraction of sp³-hybridized carbons (Fsp3) is 0.200. The van der Waals surface area contributed by atoms with Gasteiger partial charge in [0.15, 0.2) is 0 Å². The average Bonchev–Trinajstić information content (AvgIpc) is 2.91. The van der Waals surface area contributed by atoms with E-state index >= 15 is 0 Å². The summed E-state index contributed by atoms with van der Waals surface area (Å²) in [5.41, 5.74) is 1.94. The van der Waals surface area contributed by atoms with Gasteiger partial charge in [-0.3, -0.25) is 4.98 Å². The molecule has 0 radical (unpaired) electrons. The number of anilines is 1. The summed E-state index contributed by atoms with van der Waals surface area (Å²) in [5.74, 6) is 0.367. The number of pyridine rings is 1. The van der Waals surface area contributed by atoms with E-state index in [1.54, 1.807) is 12.4 Å². The lowest BCUT2D eigenvalue weighted by Gasteiger charge is -2.07. The van der Waals surface area contributed by atoms with E-state index in [0.29, 0.717) is 17.2 Å². The van der Waals surface area contributed by atoms with Gasteiger partial charge in [-0.2, -0.15) is 0 Å². The Labute approximate surface area is 131 Å². The maximum Gasteiger partial charge on any atom is 0.348 e. The van der Waals surface area contributed by atoms with Crippen LogP contribution in [0, 0.1) is 6.92 Å². The van der Waals surface area contributed by atoms with Gasteiger partial charge in [0.25, 0.3) is 0 Å². The molecule has 0 spiro atoms. The van der Waals surface area contributed by atoms with E-state index in [-0.39, 0.29) is 5.97 Å². The highest BCUT2D eigenvalue weighted by Gasteiger charge is 2.19. The zero-order valence-corrected chi connectivity index (χ0v) is 13.0. The standard InChI is InChI=1S/C15H14N4O2S/c1-9-11-13(17-7-10-3-5-16-6-4-10)18-8-19-14(11)22-12(9)15(20)21-2/h3-6,8H,7H2,1-2H3,(H,17,18,19). The first kappa shape index (κ1) is 14.4. The lowest BCUT2D eigenvalue weighted by atomic mass is 10.2. The van der Waals surface area contributed by atoms with Crippen molar-refractivity contribution in [3.63, 3.8) is 0 Å². The first-order chi connectivity index (χ1) is 10.7. The van der Waals surface area contributed by atoms with Gasteiger partial charge in [0, 0.05) is 18.9 Å². The number of rotatable bonds is 4. The van der Waals surface area contributed by atoms with E-state index < -0.39 is 0 Å². The Bertz CT molecular complexity index is 817. The molecule has 3 aromatic rings. The van der Waals surface area contributed by atoms with E-state index in [9.17, 15) is 4.79 Å². The van der Waals surface area contributed by atoms with Crippen molar-refractivity contribution in [2.24, 2.45) is 0 Å². The molecule has 3 aromatic heterocycles. The molecule has 0 amide bonds. The van der Waals surface area contributed by atoms with Gasteiger partial charge in [0.2, 0.25) is 0 Å². The zero-order valence-electron chi connectivity index (χ0n) is 12.2. The van der Waals surface area contributed by atoms with Crippen LogP contribution in [-0.2, 0) is 11.3 Å². The Balaban J connectivity index is 1.96. The normalized spacial score (nSPS) is 10.6. The summed E-state index contributed by atoms with van der Waals surface area (Å²) in [7, 11) is 1.38. The van der Waals surface area contributed by atoms with E-state index in [4.69, 9.17) is 4.74 Å². The molecule has 0 aliphatic heterocycles. The molecular formula is C15H14N4O2S. The number of nitrogens with one attached hydrogen (secondary N) is 1. The van der Waals surface area contributed by atoms with Crippen LogP contribution in [-0.4, -0.2) is 28.0 Å². The van der Waals surface area contributed by atoms with E-state index in [2.05, 4.69) is 20.3 Å². The van der Waals surface area contributed by atoms with Gasteiger partial charge < -0.3 is 10.1 Å². The topological polar surface area (TPSA) is 77.0 Å². The third-order valence-electron chi connectivity index (χ3n) is 3.31. The number of hydrogen-bond acceptors (Lipinski definition) is 7. The molecule has 0 bridgehead atoms. The highest BCUT2D eigenvalue weighted by molar-refractivity contribution is 7.20. The smallest absolute Gasteiger partial charge is 0.348 e. The molecule has 3 heterocycles. The van der Waals surface area contributed by atoms with Crippen LogP contribution in [0.1, 0.15) is 20.8 Å². The molecule has 112 valence electrons. The molecule has 0 aromatic carbocycles. The molecular weight excluding hydrogens is 300 g/mol. The summed E-state index contributed by atoms with van der Waals surface area (Å²) >= 11 is 1.32. The largest absolute Gasteiger partial charge is 0.465 e. The molecule has 0 saturated carbocycles. The summed E-state index contributed by atoms with van der Waals surface area (Å²) in [6.45, 7) is 2.50. The van der Waals surface area contributed by atoms with Crippen LogP contribution in [0.25, 0.3) is 10.2 Å². The number of carbonyl (C=O) groups is 1. The van der Waals surface area contributed by atoms with Crippen LogP contribution >= 0.6 is 11.3 Å². The van der Waals surface area contributed by atoms with Gasteiger partial charge in [0.1, 0.15) is 21.9 Å². The highest BCUT2D eigenvalue weighted by Crippen LogP contribution is 2.33. The van der Waals surface area contributed by atoms with Gasteiger partial charge in [-0.1, -0.05) is 0 Å². The maximum atomic E-state index is 11.8. The van der Waals surface area contributed by atoms with Crippen LogP contribution < -0.4 is 5.32 Å². The molecule has 1 N–H and O–H groups in total. The molecule has 22 heavy (non-hydrogen) atoms. The van der Waals surface area contributed by atoms with Crippen LogP contribution in [0.5, 0.6) is 0 Å². The Morgan fingerprint density at radius 1 is 1.32 bits per heavy atom. The van der Waals surface area contributed by atoms with E-state index in [0.717, 1.165) is 21.3 Å². The van der Waals surface area contributed by atoms with Crippen LogP contribution in [0.4, 0.5) is 5.82 Å². The maximum absolute atomic E-state index is 11.8. The van der Waals surface area contributed by atoms with Gasteiger partial charge in [-0.25, -0.2) is 14.8 Å². The SMILES string of the molecule is COC(=O)c1sc2ncnc(NCc3ccncc3)c2c1C. The Kier molecular flexibility index (Phi) is 3.97. The average molecular weight is 314 g/mol. The fourth-order valence-electron chi connectivity index (χ4n) is 2.18. The lowest BCUT2D eigenvalue weighted by molar-refractivity contribution is 0.0605. The number of fused-ring (bicyclic) bond motifs is 1. The van der Waals surface area contributed by atoms with Gasteiger partial charge in [-0.15, -0.1) is 11.3 Å². The van der Waals surface area contributed by atoms with Crippen molar-refractivity contribution in [3.8, 4) is 0 Å². The Morgan fingerprint density at radius 2 is 2.09 bits per heavy atom. The molecule has 0 aliphatic rings. The van der Waals surface area contributed by atoms with E-state index in [1.165, 1.54) is 24.8 Å². The van der Waals surface area contributed by atoms with Crippen molar-refractivity contribution >= 4 is 33.3 Å². The number of aryl methyl sites for hydroxylation is 1. The number of thiophene rings is 1. The first-order valence-corrected chi connectivity index (χ1v) is 7.47. The number of hydrogen-bond donors (Lipinski definition) is 1. The van der Waals surface area contributed by atoms with Crippen LogP contribution in [0.3, 0.4) is 0 Å². The van der Waals surface area contributed by atoms with Crippen molar-refractivity contribution in [2.45, 2.75) is 13.5 Å². The summed E-state index contributed by atoms with van der Waals surface area (Å²) in [6.07, 6.45) is 4.99. The molecule has 3 rings (SSSR count). The van der Waals surface area contributed by atoms with Crippen LogP contribution in [0.15, 0.2) is 30.9 Å². The Hall–Kier alpha value is -2.54. The van der Waals surface area contributed by atoms with Gasteiger partial charge in [0.05, 0.1) is 12.5 Å². The quantitative estimate of drug-likeness (QED) is 0.746. The third kappa shape index (κ3) is 2.62. The second kappa shape index (κ2) is 6.07. The number of nitrogens with zero attached hydrogens (tertiary/aromatic N) is 3. The minimum Gasteiger partial charge on any atom is -0.465 e. The second-order valence-corrected chi connectivity index (χ2v) is 5.66. The molecule has 0 aliphatic carbocycles. The van der Waals surface area contributed by atoms with Crippen molar-refractivity contribution in [1.29, 1.82) is 0 Å².